The zero-order chi connectivity index (χ0) is 14.7. The van der Waals surface area contributed by atoms with Crippen LogP contribution in [0.1, 0.15) is 46.0 Å². The predicted octanol–water partition coefficient (Wildman–Crippen LogP) is 1.41. The van der Waals surface area contributed by atoms with Gasteiger partial charge in [-0.25, -0.2) is 0 Å². The van der Waals surface area contributed by atoms with Crippen LogP contribution in [-0.2, 0) is 14.3 Å². The summed E-state index contributed by atoms with van der Waals surface area (Å²) in [7, 11) is 1.65. The van der Waals surface area contributed by atoms with Gasteiger partial charge in [-0.1, -0.05) is 13.8 Å². The van der Waals surface area contributed by atoms with Gasteiger partial charge in [-0.3, -0.25) is 9.59 Å². The van der Waals surface area contributed by atoms with Gasteiger partial charge in [0.15, 0.2) is 0 Å². The molecule has 2 heterocycles. The van der Waals surface area contributed by atoms with Gasteiger partial charge < -0.3 is 14.5 Å². The highest BCUT2D eigenvalue weighted by molar-refractivity contribution is 5.97. The van der Waals surface area contributed by atoms with Gasteiger partial charge in [-0.05, 0) is 32.1 Å². The molecule has 2 aliphatic heterocycles. The lowest BCUT2D eigenvalue weighted by molar-refractivity contribution is -0.168. The summed E-state index contributed by atoms with van der Waals surface area (Å²) < 4.78 is 5.24. The molecule has 5 nitrogen and oxygen atoms in total. The Bertz CT molecular complexity index is 372. The number of carbonyl (C=O) groups excluding carboxylic acids is 2. The van der Waals surface area contributed by atoms with Crippen LogP contribution in [0, 0.1) is 0 Å². The Morgan fingerprint density at radius 1 is 1.25 bits per heavy atom. The van der Waals surface area contributed by atoms with Crippen molar-refractivity contribution in [3.05, 3.63) is 0 Å². The van der Waals surface area contributed by atoms with E-state index in [-0.39, 0.29) is 29.9 Å². The maximum Gasteiger partial charge on any atom is 0.246 e. The van der Waals surface area contributed by atoms with Gasteiger partial charge in [-0.2, -0.15) is 0 Å². The molecule has 0 N–H and O–H groups in total. The van der Waals surface area contributed by atoms with Gasteiger partial charge in [0.05, 0.1) is 12.6 Å². The van der Waals surface area contributed by atoms with E-state index in [1.165, 1.54) is 0 Å². The molecule has 0 saturated carbocycles. The Kier molecular flexibility index (Phi) is 5.02. The molecule has 20 heavy (non-hydrogen) atoms. The normalized spacial score (nSPS) is 28.6. The Morgan fingerprint density at radius 2 is 2.00 bits per heavy atom. The number of carbonyl (C=O) groups is 2. The number of hydrogen-bond acceptors (Lipinski definition) is 3. The maximum absolute atomic E-state index is 12.8. The van der Waals surface area contributed by atoms with Crippen molar-refractivity contribution in [1.82, 2.24) is 9.80 Å². The third kappa shape index (κ3) is 2.55. The van der Waals surface area contributed by atoms with E-state index < -0.39 is 0 Å². The second-order valence-electron chi connectivity index (χ2n) is 5.73. The molecule has 2 amide bonds. The third-order valence-corrected chi connectivity index (χ3v) is 4.56. The van der Waals surface area contributed by atoms with Crippen molar-refractivity contribution in [3.8, 4) is 0 Å². The van der Waals surface area contributed by atoms with Crippen LogP contribution >= 0.6 is 0 Å². The molecule has 3 atom stereocenters. The van der Waals surface area contributed by atoms with Gasteiger partial charge in [0.2, 0.25) is 11.8 Å². The summed E-state index contributed by atoms with van der Waals surface area (Å²) >= 11 is 0. The fraction of sp³-hybridized carbons (Fsp3) is 0.867. The van der Waals surface area contributed by atoms with Gasteiger partial charge in [0, 0.05) is 13.7 Å². The summed E-state index contributed by atoms with van der Waals surface area (Å²) in [5, 5.41) is 0. The summed E-state index contributed by atoms with van der Waals surface area (Å²) in [4.78, 5) is 29.1. The predicted molar refractivity (Wildman–Crippen MR) is 76.2 cm³/mol. The summed E-state index contributed by atoms with van der Waals surface area (Å²) in [5.74, 6) is 0.256. The Balaban J connectivity index is 2.28. The Labute approximate surface area is 121 Å². The van der Waals surface area contributed by atoms with Crippen molar-refractivity contribution in [2.45, 2.75) is 64.1 Å². The highest BCUT2D eigenvalue weighted by atomic mass is 16.5. The number of piperazine rings is 1. The summed E-state index contributed by atoms with van der Waals surface area (Å²) in [5.41, 5.74) is 0. The first-order valence-corrected chi connectivity index (χ1v) is 7.77. The first kappa shape index (κ1) is 15.3. The summed E-state index contributed by atoms with van der Waals surface area (Å²) in [6, 6.07) is -0.535. The minimum Gasteiger partial charge on any atom is -0.383 e. The molecule has 0 spiro atoms. The molecule has 3 unspecified atom stereocenters. The van der Waals surface area contributed by atoms with Crippen LogP contribution in [0.5, 0.6) is 0 Å². The third-order valence-electron chi connectivity index (χ3n) is 4.56. The van der Waals surface area contributed by atoms with Crippen LogP contribution in [0.15, 0.2) is 0 Å². The van der Waals surface area contributed by atoms with Gasteiger partial charge in [0.25, 0.3) is 0 Å². The molecule has 114 valence electrons. The van der Waals surface area contributed by atoms with E-state index >= 15 is 0 Å². The van der Waals surface area contributed by atoms with E-state index in [1.807, 2.05) is 23.6 Å². The molecular formula is C15H26N2O3. The minimum atomic E-state index is -0.308. The molecule has 0 radical (unpaired) electrons. The SMILES string of the molecule is CCC(COC)N1C(=O)C2CCCCN2C(=O)C1CC. The van der Waals surface area contributed by atoms with Crippen molar-refractivity contribution < 1.29 is 14.3 Å². The lowest BCUT2D eigenvalue weighted by Crippen LogP contribution is -2.68. The fourth-order valence-electron chi connectivity index (χ4n) is 3.48. The molecule has 0 bridgehead atoms. The van der Waals surface area contributed by atoms with E-state index in [0.29, 0.717) is 13.0 Å². The lowest BCUT2D eigenvalue weighted by Gasteiger charge is -2.49. The first-order valence-electron chi connectivity index (χ1n) is 7.77. The highest BCUT2D eigenvalue weighted by Gasteiger charge is 2.47. The van der Waals surface area contributed by atoms with Gasteiger partial charge >= 0.3 is 0 Å². The molecule has 2 saturated heterocycles. The second kappa shape index (κ2) is 6.57. The molecule has 0 aromatic rings. The van der Waals surface area contributed by atoms with Crippen molar-refractivity contribution in [2.24, 2.45) is 0 Å². The molecule has 2 aliphatic rings. The van der Waals surface area contributed by atoms with Crippen LogP contribution < -0.4 is 0 Å². The monoisotopic (exact) mass is 282 g/mol. The highest BCUT2D eigenvalue weighted by Crippen LogP contribution is 2.29. The number of piperidine rings is 1. The lowest BCUT2D eigenvalue weighted by atomic mass is 9.92. The van der Waals surface area contributed by atoms with Crippen LogP contribution in [-0.4, -0.2) is 60.0 Å². The smallest absolute Gasteiger partial charge is 0.246 e. The molecule has 0 aromatic carbocycles. The van der Waals surface area contributed by atoms with Crippen molar-refractivity contribution in [3.63, 3.8) is 0 Å². The average Bonchev–Trinajstić information content (AvgIpc) is 2.48. The molecular weight excluding hydrogens is 256 g/mol. The summed E-state index contributed by atoms with van der Waals surface area (Å²) in [6.07, 6.45) is 4.35. The first-order chi connectivity index (χ1) is 9.65. The number of methoxy groups -OCH3 is 1. The van der Waals surface area contributed by atoms with Crippen molar-refractivity contribution >= 4 is 11.8 Å². The molecule has 0 aliphatic carbocycles. The zero-order valence-corrected chi connectivity index (χ0v) is 12.8. The van der Waals surface area contributed by atoms with Crippen LogP contribution in [0.2, 0.25) is 0 Å². The van der Waals surface area contributed by atoms with E-state index in [4.69, 9.17) is 4.74 Å². The molecule has 5 heteroatoms. The van der Waals surface area contributed by atoms with Crippen LogP contribution in [0.4, 0.5) is 0 Å². The Morgan fingerprint density at radius 3 is 2.60 bits per heavy atom. The number of nitrogens with zero attached hydrogens (tertiary/aromatic N) is 2. The van der Waals surface area contributed by atoms with E-state index in [1.54, 1.807) is 7.11 Å². The second-order valence-corrected chi connectivity index (χ2v) is 5.73. The molecule has 2 fully saturated rings. The van der Waals surface area contributed by atoms with Crippen LogP contribution in [0.3, 0.4) is 0 Å². The van der Waals surface area contributed by atoms with Gasteiger partial charge in [-0.15, -0.1) is 0 Å². The largest absolute Gasteiger partial charge is 0.383 e. The quantitative estimate of drug-likeness (QED) is 0.766. The number of fused-ring (bicyclic) bond motifs is 1. The fourth-order valence-corrected chi connectivity index (χ4v) is 3.48. The van der Waals surface area contributed by atoms with E-state index in [0.717, 1.165) is 32.2 Å². The van der Waals surface area contributed by atoms with Crippen molar-refractivity contribution in [2.75, 3.05) is 20.3 Å². The average molecular weight is 282 g/mol. The maximum atomic E-state index is 12.8. The topological polar surface area (TPSA) is 49.9 Å². The summed E-state index contributed by atoms with van der Waals surface area (Å²) in [6.45, 7) is 5.26. The van der Waals surface area contributed by atoms with Crippen LogP contribution in [0.25, 0.3) is 0 Å². The zero-order valence-electron chi connectivity index (χ0n) is 12.8. The van der Waals surface area contributed by atoms with E-state index in [9.17, 15) is 9.59 Å². The number of rotatable bonds is 5. The number of amides is 2. The standard InChI is InChI=1S/C15H26N2O3/c1-4-11(10-20-3)17-12(5-2)14(18)16-9-7-6-8-13(16)15(17)19/h11-13H,4-10H2,1-3H3. The minimum absolute atomic E-state index is 0.00507. The van der Waals surface area contributed by atoms with E-state index in [2.05, 4.69) is 0 Å². The number of ether oxygens (including phenoxy) is 1. The number of hydrogen-bond donors (Lipinski definition) is 0. The van der Waals surface area contributed by atoms with Gasteiger partial charge in [0.1, 0.15) is 12.1 Å². The van der Waals surface area contributed by atoms with Crippen molar-refractivity contribution in [1.29, 1.82) is 0 Å². The molecule has 2 rings (SSSR count). The molecule has 0 aromatic heterocycles. The Hall–Kier alpha value is -1.10.